The molecule has 0 spiro atoms. The van der Waals surface area contributed by atoms with Gasteiger partial charge >= 0.3 is 0 Å². The minimum absolute atomic E-state index is 0.0594. The fourth-order valence-corrected chi connectivity index (χ4v) is 1.62. The maximum atomic E-state index is 11.6. The van der Waals surface area contributed by atoms with Crippen molar-refractivity contribution >= 4 is 5.91 Å². The summed E-state index contributed by atoms with van der Waals surface area (Å²) in [4.78, 5) is 13.7. The number of nitrogens with one attached hydrogen (secondary N) is 1. The maximum Gasteiger partial charge on any atom is 0.237 e. The smallest absolute Gasteiger partial charge is 0.237 e. The van der Waals surface area contributed by atoms with E-state index in [1.807, 2.05) is 13.8 Å². The number of hydrogen-bond acceptors (Lipinski definition) is 3. The van der Waals surface area contributed by atoms with E-state index in [1.54, 1.807) is 0 Å². The first-order chi connectivity index (χ1) is 7.04. The second-order valence-corrected chi connectivity index (χ2v) is 3.98. The van der Waals surface area contributed by atoms with Crippen LogP contribution in [0.3, 0.4) is 0 Å². The molecule has 1 atom stereocenters. The Morgan fingerprint density at radius 2 is 2.00 bits per heavy atom. The molecule has 0 aliphatic rings. The van der Waals surface area contributed by atoms with E-state index in [0.29, 0.717) is 19.0 Å². The molecule has 4 heteroatoms. The van der Waals surface area contributed by atoms with Crippen LogP contribution >= 0.6 is 0 Å². The minimum Gasteiger partial charge on any atom is -0.396 e. The molecule has 0 saturated heterocycles. The van der Waals surface area contributed by atoms with Crippen LogP contribution in [0.4, 0.5) is 0 Å². The van der Waals surface area contributed by atoms with Crippen LogP contribution in [0, 0.1) is 0 Å². The molecule has 0 aliphatic heterocycles. The molecular weight excluding hydrogens is 192 g/mol. The van der Waals surface area contributed by atoms with Crippen molar-refractivity contribution in [2.45, 2.75) is 46.2 Å². The van der Waals surface area contributed by atoms with Crippen LogP contribution in [0.1, 0.15) is 34.1 Å². The Kier molecular flexibility index (Phi) is 7.34. The lowest BCUT2D eigenvalue weighted by molar-refractivity contribution is -0.126. The molecule has 0 radical (unpaired) electrons. The standard InChI is InChI=1S/C11H24N2O2/c1-5-12-11(15)10(4)13(9(2)3)7-6-8-14/h9-10,14H,5-8H2,1-4H3,(H,12,15). The first kappa shape index (κ1) is 14.4. The minimum atomic E-state index is -0.128. The van der Waals surface area contributed by atoms with Crippen LogP contribution in [-0.2, 0) is 4.79 Å². The van der Waals surface area contributed by atoms with Gasteiger partial charge in [0, 0.05) is 25.7 Å². The third-order valence-electron chi connectivity index (χ3n) is 2.47. The molecule has 1 unspecified atom stereocenters. The molecular formula is C11H24N2O2. The first-order valence-electron chi connectivity index (χ1n) is 5.68. The van der Waals surface area contributed by atoms with Gasteiger partial charge in [-0.3, -0.25) is 9.69 Å². The van der Waals surface area contributed by atoms with Gasteiger partial charge in [0.15, 0.2) is 0 Å². The van der Waals surface area contributed by atoms with Gasteiger partial charge in [-0.1, -0.05) is 0 Å². The lowest BCUT2D eigenvalue weighted by Gasteiger charge is -2.31. The normalized spacial score (nSPS) is 13.3. The number of carbonyl (C=O) groups is 1. The summed E-state index contributed by atoms with van der Waals surface area (Å²) in [5.41, 5.74) is 0. The van der Waals surface area contributed by atoms with Crippen molar-refractivity contribution < 1.29 is 9.90 Å². The van der Waals surface area contributed by atoms with Crippen molar-refractivity contribution in [1.29, 1.82) is 0 Å². The molecule has 0 heterocycles. The number of hydrogen-bond donors (Lipinski definition) is 2. The molecule has 4 nitrogen and oxygen atoms in total. The van der Waals surface area contributed by atoms with Gasteiger partial charge in [0.1, 0.15) is 0 Å². The van der Waals surface area contributed by atoms with E-state index in [1.165, 1.54) is 0 Å². The molecule has 0 aromatic heterocycles. The molecule has 0 bridgehead atoms. The summed E-state index contributed by atoms with van der Waals surface area (Å²) >= 11 is 0. The highest BCUT2D eigenvalue weighted by molar-refractivity contribution is 5.81. The third kappa shape index (κ3) is 5.14. The Bertz CT molecular complexity index is 183. The summed E-state index contributed by atoms with van der Waals surface area (Å²) in [5, 5.41) is 11.6. The molecule has 0 aliphatic carbocycles. The number of nitrogens with zero attached hydrogens (tertiary/aromatic N) is 1. The number of carbonyl (C=O) groups excluding carboxylic acids is 1. The highest BCUT2D eigenvalue weighted by Gasteiger charge is 2.22. The van der Waals surface area contributed by atoms with E-state index >= 15 is 0 Å². The lowest BCUT2D eigenvalue weighted by Crippen LogP contribution is -2.48. The fourth-order valence-electron chi connectivity index (χ4n) is 1.62. The summed E-state index contributed by atoms with van der Waals surface area (Å²) < 4.78 is 0. The number of aliphatic hydroxyl groups is 1. The topological polar surface area (TPSA) is 52.6 Å². The van der Waals surface area contributed by atoms with Crippen LogP contribution < -0.4 is 5.32 Å². The number of aliphatic hydroxyl groups excluding tert-OH is 1. The van der Waals surface area contributed by atoms with Crippen LogP contribution in [0.2, 0.25) is 0 Å². The van der Waals surface area contributed by atoms with Gasteiger partial charge in [0.25, 0.3) is 0 Å². The van der Waals surface area contributed by atoms with Gasteiger partial charge in [0.2, 0.25) is 5.91 Å². The van der Waals surface area contributed by atoms with E-state index in [4.69, 9.17) is 5.11 Å². The summed E-state index contributed by atoms with van der Waals surface area (Å²) in [7, 11) is 0. The molecule has 15 heavy (non-hydrogen) atoms. The SMILES string of the molecule is CCNC(=O)C(C)N(CCCO)C(C)C. The van der Waals surface area contributed by atoms with E-state index in [0.717, 1.165) is 6.54 Å². The summed E-state index contributed by atoms with van der Waals surface area (Å²) in [6.07, 6.45) is 0.710. The molecule has 2 N–H and O–H groups in total. The number of amides is 1. The molecule has 0 saturated carbocycles. The Morgan fingerprint density at radius 3 is 2.40 bits per heavy atom. The zero-order valence-corrected chi connectivity index (χ0v) is 10.3. The summed E-state index contributed by atoms with van der Waals surface area (Å²) in [6, 6.07) is 0.186. The lowest BCUT2D eigenvalue weighted by atomic mass is 10.2. The van der Waals surface area contributed by atoms with E-state index in [9.17, 15) is 4.79 Å². The van der Waals surface area contributed by atoms with Crippen molar-refractivity contribution in [3.63, 3.8) is 0 Å². The molecule has 0 aromatic carbocycles. The average molecular weight is 216 g/mol. The van der Waals surface area contributed by atoms with E-state index in [-0.39, 0.29) is 18.6 Å². The van der Waals surface area contributed by atoms with Gasteiger partial charge < -0.3 is 10.4 Å². The Balaban J connectivity index is 4.27. The highest BCUT2D eigenvalue weighted by atomic mass is 16.3. The van der Waals surface area contributed by atoms with Gasteiger partial charge in [-0.15, -0.1) is 0 Å². The highest BCUT2D eigenvalue weighted by Crippen LogP contribution is 2.06. The van der Waals surface area contributed by atoms with Crippen molar-refractivity contribution in [3.05, 3.63) is 0 Å². The monoisotopic (exact) mass is 216 g/mol. The van der Waals surface area contributed by atoms with Crippen molar-refractivity contribution in [3.8, 4) is 0 Å². The van der Waals surface area contributed by atoms with Crippen LogP contribution in [-0.4, -0.2) is 47.7 Å². The van der Waals surface area contributed by atoms with Gasteiger partial charge in [-0.2, -0.15) is 0 Å². The van der Waals surface area contributed by atoms with Gasteiger partial charge in [0.05, 0.1) is 6.04 Å². The molecule has 0 aromatic rings. The summed E-state index contributed by atoms with van der Waals surface area (Å²) in [5.74, 6) is 0.0594. The van der Waals surface area contributed by atoms with Crippen molar-refractivity contribution in [1.82, 2.24) is 10.2 Å². The first-order valence-corrected chi connectivity index (χ1v) is 5.68. The number of rotatable bonds is 7. The Labute approximate surface area is 92.7 Å². The number of likely N-dealkylation sites (N-methyl/N-ethyl adjacent to an activating group) is 1. The zero-order chi connectivity index (χ0) is 11.8. The predicted octanol–water partition coefficient (Wildman–Crippen LogP) is 0.604. The second-order valence-electron chi connectivity index (χ2n) is 3.98. The zero-order valence-electron chi connectivity index (χ0n) is 10.3. The average Bonchev–Trinajstić information content (AvgIpc) is 2.18. The maximum absolute atomic E-state index is 11.6. The van der Waals surface area contributed by atoms with Gasteiger partial charge in [-0.05, 0) is 34.1 Å². The van der Waals surface area contributed by atoms with Gasteiger partial charge in [-0.25, -0.2) is 0 Å². The molecule has 0 fully saturated rings. The van der Waals surface area contributed by atoms with Crippen LogP contribution in [0.5, 0.6) is 0 Å². The largest absolute Gasteiger partial charge is 0.396 e. The van der Waals surface area contributed by atoms with E-state index < -0.39 is 0 Å². The second kappa shape index (κ2) is 7.65. The van der Waals surface area contributed by atoms with E-state index in [2.05, 4.69) is 24.1 Å². The summed E-state index contributed by atoms with van der Waals surface area (Å²) in [6.45, 7) is 9.54. The van der Waals surface area contributed by atoms with Crippen LogP contribution in [0.15, 0.2) is 0 Å². The molecule has 90 valence electrons. The quantitative estimate of drug-likeness (QED) is 0.655. The molecule has 1 amide bonds. The predicted molar refractivity (Wildman–Crippen MR) is 61.7 cm³/mol. The van der Waals surface area contributed by atoms with Crippen LogP contribution in [0.25, 0.3) is 0 Å². The van der Waals surface area contributed by atoms with Crippen molar-refractivity contribution in [2.24, 2.45) is 0 Å². The third-order valence-corrected chi connectivity index (χ3v) is 2.47. The Morgan fingerprint density at radius 1 is 1.40 bits per heavy atom. The Hall–Kier alpha value is -0.610. The van der Waals surface area contributed by atoms with Crippen molar-refractivity contribution in [2.75, 3.05) is 19.7 Å². The molecule has 0 rings (SSSR count). The fraction of sp³-hybridized carbons (Fsp3) is 0.909.